The first kappa shape index (κ1) is 16.7. The van der Waals surface area contributed by atoms with E-state index in [1.807, 2.05) is 24.3 Å². The van der Waals surface area contributed by atoms with Gasteiger partial charge in [0.15, 0.2) is 0 Å². The van der Waals surface area contributed by atoms with Crippen LogP contribution in [-0.2, 0) is 4.79 Å². The van der Waals surface area contributed by atoms with Crippen LogP contribution in [0.1, 0.15) is 17.5 Å². The highest BCUT2D eigenvalue weighted by molar-refractivity contribution is 5.73. The number of halogens is 3. The van der Waals surface area contributed by atoms with Gasteiger partial charge in [-0.05, 0) is 36.2 Å². The third-order valence-corrected chi connectivity index (χ3v) is 2.69. The zero-order valence-corrected chi connectivity index (χ0v) is 10.9. The van der Waals surface area contributed by atoms with E-state index < -0.39 is 12.1 Å². The fourth-order valence-corrected chi connectivity index (χ4v) is 1.64. The standard InChI is InChI=1S/C12H12N2.C2HF3O2/c13-9-10-1-3-11(4-2-10)12-5-7-14-8-6-12;3-2(4,5)1(6)7/h1-5,14H,6-8H2;(H,6,7). The molecule has 0 atom stereocenters. The van der Waals surface area contributed by atoms with Gasteiger partial charge < -0.3 is 10.4 Å². The van der Waals surface area contributed by atoms with Gasteiger partial charge in [-0.2, -0.15) is 18.4 Å². The Balaban J connectivity index is 0.000000270. The molecule has 1 heterocycles. The van der Waals surface area contributed by atoms with Crippen molar-refractivity contribution in [3.63, 3.8) is 0 Å². The molecule has 4 nitrogen and oxygen atoms in total. The number of carboxylic acids is 1. The van der Waals surface area contributed by atoms with Crippen molar-refractivity contribution >= 4 is 11.5 Å². The molecular weight excluding hydrogens is 285 g/mol. The Hall–Kier alpha value is -2.33. The summed E-state index contributed by atoms with van der Waals surface area (Å²) in [6.45, 7) is 2.00. The van der Waals surface area contributed by atoms with Crippen LogP contribution >= 0.6 is 0 Å². The zero-order valence-electron chi connectivity index (χ0n) is 10.9. The topological polar surface area (TPSA) is 73.1 Å². The molecule has 0 fully saturated rings. The molecule has 2 N–H and O–H groups in total. The monoisotopic (exact) mass is 298 g/mol. The van der Waals surface area contributed by atoms with Crippen molar-refractivity contribution < 1.29 is 23.1 Å². The first-order chi connectivity index (χ1) is 9.84. The van der Waals surface area contributed by atoms with Crippen molar-refractivity contribution in [2.75, 3.05) is 13.1 Å². The number of nitriles is 1. The van der Waals surface area contributed by atoms with Gasteiger partial charge >= 0.3 is 12.1 Å². The van der Waals surface area contributed by atoms with Crippen molar-refractivity contribution in [2.24, 2.45) is 0 Å². The normalized spacial score (nSPS) is 14.3. The second-order valence-electron chi connectivity index (χ2n) is 4.18. The van der Waals surface area contributed by atoms with Crippen LogP contribution < -0.4 is 5.32 Å². The van der Waals surface area contributed by atoms with Crippen LogP contribution in [-0.4, -0.2) is 30.3 Å². The molecule has 21 heavy (non-hydrogen) atoms. The minimum atomic E-state index is -5.08. The van der Waals surface area contributed by atoms with Crippen LogP contribution in [0.2, 0.25) is 0 Å². The first-order valence-electron chi connectivity index (χ1n) is 6.05. The summed E-state index contributed by atoms with van der Waals surface area (Å²) in [7, 11) is 0. The number of carbonyl (C=O) groups is 1. The lowest BCUT2D eigenvalue weighted by atomic mass is 9.99. The molecule has 2 rings (SSSR count). The lowest BCUT2D eigenvalue weighted by molar-refractivity contribution is -0.192. The molecule has 1 aliphatic heterocycles. The smallest absolute Gasteiger partial charge is 0.475 e. The predicted octanol–water partition coefficient (Wildman–Crippen LogP) is 2.57. The lowest BCUT2D eigenvalue weighted by Crippen LogP contribution is -2.21. The van der Waals surface area contributed by atoms with Gasteiger partial charge in [-0.3, -0.25) is 0 Å². The van der Waals surface area contributed by atoms with Crippen LogP contribution in [0, 0.1) is 11.3 Å². The number of hydrogen-bond acceptors (Lipinski definition) is 3. The highest BCUT2D eigenvalue weighted by atomic mass is 19.4. The molecular formula is C14H13F3N2O2. The van der Waals surface area contributed by atoms with Crippen molar-refractivity contribution in [3.05, 3.63) is 41.5 Å². The number of hydrogen-bond donors (Lipinski definition) is 2. The Morgan fingerprint density at radius 1 is 1.29 bits per heavy atom. The average molecular weight is 298 g/mol. The summed E-state index contributed by atoms with van der Waals surface area (Å²) in [4.78, 5) is 8.90. The summed E-state index contributed by atoms with van der Waals surface area (Å²) in [6.07, 6.45) is -1.79. The third kappa shape index (κ3) is 5.67. The van der Waals surface area contributed by atoms with Gasteiger partial charge in [0.05, 0.1) is 11.6 Å². The zero-order chi connectivity index (χ0) is 15.9. The quantitative estimate of drug-likeness (QED) is 0.835. The van der Waals surface area contributed by atoms with E-state index in [1.54, 1.807) is 0 Å². The number of carboxylic acid groups (broad SMARTS) is 1. The summed E-state index contributed by atoms with van der Waals surface area (Å²) in [5.41, 5.74) is 3.35. The molecule has 0 saturated heterocycles. The Labute approximate surface area is 119 Å². The van der Waals surface area contributed by atoms with Crippen LogP contribution in [0.4, 0.5) is 13.2 Å². The average Bonchev–Trinajstić information content (AvgIpc) is 2.48. The van der Waals surface area contributed by atoms with E-state index in [0.29, 0.717) is 0 Å². The summed E-state index contributed by atoms with van der Waals surface area (Å²) < 4.78 is 31.7. The van der Waals surface area contributed by atoms with Crippen LogP contribution in [0.15, 0.2) is 30.3 Å². The van der Waals surface area contributed by atoms with Crippen LogP contribution in [0.25, 0.3) is 5.57 Å². The predicted molar refractivity (Wildman–Crippen MR) is 70.3 cm³/mol. The molecule has 0 bridgehead atoms. The van der Waals surface area contributed by atoms with Gasteiger partial charge in [-0.1, -0.05) is 18.2 Å². The van der Waals surface area contributed by atoms with Crippen LogP contribution in [0.3, 0.4) is 0 Å². The van der Waals surface area contributed by atoms with Gasteiger partial charge in [0, 0.05) is 6.54 Å². The van der Waals surface area contributed by atoms with E-state index in [4.69, 9.17) is 15.2 Å². The molecule has 1 aromatic rings. The van der Waals surface area contributed by atoms with E-state index in [1.165, 1.54) is 11.1 Å². The molecule has 1 aliphatic rings. The summed E-state index contributed by atoms with van der Waals surface area (Å²) >= 11 is 0. The van der Waals surface area contributed by atoms with Gasteiger partial charge in [0.25, 0.3) is 0 Å². The largest absolute Gasteiger partial charge is 0.490 e. The Morgan fingerprint density at radius 3 is 2.24 bits per heavy atom. The van der Waals surface area contributed by atoms with E-state index in [2.05, 4.69) is 17.5 Å². The van der Waals surface area contributed by atoms with E-state index in [0.717, 1.165) is 25.1 Å². The number of nitrogens with zero attached hydrogens (tertiary/aromatic N) is 1. The number of alkyl halides is 3. The maximum absolute atomic E-state index is 10.6. The Bertz CT molecular complexity index is 557. The molecule has 0 spiro atoms. The van der Waals surface area contributed by atoms with Gasteiger partial charge in [-0.25, -0.2) is 4.79 Å². The molecule has 0 amide bonds. The second kappa shape index (κ2) is 7.45. The minimum absolute atomic E-state index is 0.725. The minimum Gasteiger partial charge on any atom is -0.475 e. The van der Waals surface area contributed by atoms with E-state index in [9.17, 15) is 13.2 Å². The van der Waals surface area contributed by atoms with Crippen LogP contribution in [0.5, 0.6) is 0 Å². The summed E-state index contributed by atoms with van der Waals surface area (Å²) in [5, 5.41) is 19.1. The highest BCUT2D eigenvalue weighted by Gasteiger charge is 2.38. The van der Waals surface area contributed by atoms with Gasteiger partial charge in [0.2, 0.25) is 0 Å². The van der Waals surface area contributed by atoms with Gasteiger partial charge in [-0.15, -0.1) is 0 Å². The lowest BCUT2D eigenvalue weighted by Gasteiger charge is -2.13. The van der Waals surface area contributed by atoms with Crippen molar-refractivity contribution in [1.82, 2.24) is 5.32 Å². The van der Waals surface area contributed by atoms with Crippen molar-refractivity contribution in [3.8, 4) is 6.07 Å². The molecule has 112 valence electrons. The second-order valence-corrected chi connectivity index (χ2v) is 4.18. The summed E-state index contributed by atoms with van der Waals surface area (Å²) in [6, 6.07) is 9.92. The third-order valence-electron chi connectivity index (χ3n) is 2.69. The first-order valence-corrected chi connectivity index (χ1v) is 6.05. The highest BCUT2D eigenvalue weighted by Crippen LogP contribution is 2.19. The number of rotatable bonds is 1. The molecule has 0 aliphatic carbocycles. The molecule has 0 saturated carbocycles. The Kier molecular flexibility index (Phi) is 5.93. The number of benzene rings is 1. The number of nitrogens with one attached hydrogen (secondary N) is 1. The number of aliphatic carboxylic acids is 1. The maximum atomic E-state index is 10.6. The summed E-state index contributed by atoms with van der Waals surface area (Å²) in [5.74, 6) is -2.76. The van der Waals surface area contributed by atoms with E-state index >= 15 is 0 Å². The Morgan fingerprint density at radius 2 is 1.86 bits per heavy atom. The fraction of sp³-hybridized carbons (Fsp3) is 0.286. The van der Waals surface area contributed by atoms with Crippen molar-refractivity contribution in [2.45, 2.75) is 12.6 Å². The molecule has 0 unspecified atom stereocenters. The molecule has 7 heteroatoms. The van der Waals surface area contributed by atoms with Gasteiger partial charge in [0.1, 0.15) is 0 Å². The van der Waals surface area contributed by atoms with Crippen molar-refractivity contribution in [1.29, 1.82) is 5.26 Å². The molecule has 1 aromatic carbocycles. The SMILES string of the molecule is N#Cc1ccc(C2=CCNCC2)cc1.O=C(O)C(F)(F)F. The fourth-order valence-electron chi connectivity index (χ4n) is 1.64. The van der Waals surface area contributed by atoms with E-state index in [-0.39, 0.29) is 0 Å². The maximum Gasteiger partial charge on any atom is 0.490 e. The molecule has 0 aromatic heterocycles. The molecule has 0 radical (unpaired) electrons.